The molecule has 0 aliphatic heterocycles. The van der Waals surface area contributed by atoms with Crippen LogP contribution in [0.3, 0.4) is 0 Å². The summed E-state index contributed by atoms with van der Waals surface area (Å²) in [6, 6.07) is 0.778. The molecule has 126 valence electrons. The monoisotopic (exact) mass is 325 g/mol. The van der Waals surface area contributed by atoms with Crippen LogP contribution in [0.25, 0.3) is 0 Å². The molecule has 0 aromatic heterocycles. The Labute approximate surface area is 140 Å². The van der Waals surface area contributed by atoms with Crippen molar-refractivity contribution in [2.75, 3.05) is 6.61 Å². The summed E-state index contributed by atoms with van der Waals surface area (Å²) in [6.07, 6.45) is 7.52. The zero-order valence-electron chi connectivity index (χ0n) is 15.2. The normalized spacial score (nSPS) is 27.0. The van der Waals surface area contributed by atoms with Gasteiger partial charge in [0, 0.05) is 12.1 Å². The largest absolute Gasteiger partial charge is 0.322 e. The molecule has 0 saturated heterocycles. The van der Waals surface area contributed by atoms with Crippen LogP contribution in [0.5, 0.6) is 0 Å². The van der Waals surface area contributed by atoms with Gasteiger partial charge in [0.2, 0.25) is 0 Å². The van der Waals surface area contributed by atoms with Crippen LogP contribution >= 0.6 is 8.53 Å². The number of rotatable bonds is 9. The first-order valence-electron chi connectivity index (χ1n) is 8.72. The Morgan fingerprint density at radius 3 is 2.32 bits per heavy atom. The van der Waals surface area contributed by atoms with Crippen molar-refractivity contribution >= 4 is 16.4 Å². The molecule has 3 unspecified atom stereocenters. The first-order chi connectivity index (χ1) is 10.4. The van der Waals surface area contributed by atoms with Crippen LogP contribution in [-0.2, 0) is 9.05 Å². The summed E-state index contributed by atoms with van der Waals surface area (Å²) in [5.41, 5.74) is 0. The second kappa shape index (κ2) is 10.1. The first kappa shape index (κ1) is 20.2. The van der Waals surface area contributed by atoms with Crippen LogP contribution in [0.4, 0.5) is 0 Å². The lowest BCUT2D eigenvalue weighted by molar-refractivity contribution is 0.116. The SMILES string of the molecule is [B]C1C=CC(CC)C[C@H]1OP(OCCC)N(C(C)C)C(C)C. The maximum atomic E-state index is 6.41. The van der Waals surface area contributed by atoms with E-state index in [1.165, 1.54) is 0 Å². The lowest BCUT2D eigenvalue weighted by Crippen LogP contribution is -2.35. The van der Waals surface area contributed by atoms with Crippen molar-refractivity contribution < 1.29 is 9.05 Å². The third kappa shape index (κ3) is 5.96. The lowest BCUT2D eigenvalue weighted by Gasteiger charge is -2.39. The number of allylic oxidation sites excluding steroid dienone is 1. The van der Waals surface area contributed by atoms with Gasteiger partial charge in [0.1, 0.15) is 0 Å². The van der Waals surface area contributed by atoms with E-state index in [9.17, 15) is 0 Å². The molecule has 0 N–H and O–H groups in total. The molecule has 0 saturated carbocycles. The zero-order valence-corrected chi connectivity index (χ0v) is 16.1. The first-order valence-corrected chi connectivity index (χ1v) is 9.85. The van der Waals surface area contributed by atoms with E-state index in [0.29, 0.717) is 18.0 Å². The molecule has 1 rings (SSSR count). The Bertz CT molecular complexity index is 331. The van der Waals surface area contributed by atoms with Crippen LogP contribution < -0.4 is 0 Å². The molecule has 0 aromatic rings. The van der Waals surface area contributed by atoms with Gasteiger partial charge in [-0.3, -0.25) is 0 Å². The molecule has 2 radical (unpaired) electrons. The molecule has 0 heterocycles. The highest BCUT2D eigenvalue weighted by Gasteiger charge is 2.32. The lowest BCUT2D eigenvalue weighted by atomic mass is 9.74. The third-order valence-corrected chi connectivity index (χ3v) is 6.13. The maximum Gasteiger partial charge on any atom is 0.259 e. The number of hydrogen-bond acceptors (Lipinski definition) is 3. The van der Waals surface area contributed by atoms with E-state index in [1.807, 2.05) is 0 Å². The maximum absolute atomic E-state index is 6.41. The van der Waals surface area contributed by atoms with Gasteiger partial charge in [-0.05, 0) is 58.7 Å². The molecule has 5 heteroatoms. The predicted octanol–water partition coefficient (Wildman–Crippen LogP) is 5.09. The molecule has 0 fully saturated rings. The van der Waals surface area contributed by atoms with E-state index < -0.39 is 8.53 Å². The molecule has 1 aliphatic carbocycles. The summed E-state index contributed by atoms with van der Waals surface area (Å²) in [5, 5.41) is 0. The van der Waals surface area contributed by atoms with Crippen LogP contribution in [0, 0.1) is 5.92 Å². The van der Waals surface area contributed by atoms with Gasteiger partial charge in [-0.2, -0.15) is 0 Å². The minimum atomic E-state index is -1.06. The Kier molecular flexibility index (Phi) is 9.24. The molecular weight excluding hydrogens is 292 g/mol. The van der Waals surface area contributed by atoms with Crippen LogP contribution in [0.15, 0.2) is 12.2 Å². The minimum Gasteiger partial charge on any atom is -0.322 e. The van der Waals surface area contributed by atoms with E-state index in [2.05, 4.69) is 58.4 Å². The summed E-state index contributed by atoms with van der Waals surface area (Å²) in [5.74, 6) is 0.540. The van der Waals surface area contributed by atoms with Gasteiger partial charge in [0.05, 0.1) is 20.6 Å². The molecule has 0 spiro atoms. The topological polar surface area (TPSA) is 21.7 Å². The van der Waals surface area contributed by atoms with E-state index in [0.717, 1.165) is 25.9 Å². The third-order valence-electron chi connectivity index (χ3n) is 3.97. The van der Waals surface area contributed by atoms with Crippen LogP contribution in [0.1, 0.15) is 60.8 Å². The smallest absolute Gasteiger partial charge is 0.259 e. The standard InChI is InChI=1S/C17H33BNO2P/c1-7-11-20-22(19(13(3)4)14(5)6)21-17-12-15(8-2)9-10-16(17)18/h9-10,13-17H,7-8,11-12H2,1-6H3/t15?,16?,17-,22?/m1/s1. The molecule has 3 nitrogen and oxygen atoms in total. The quantitative estimate of drug-likeness (QED) is 0.335. The zero-order chi connectivity index (χ0) is 16.7. The summed E-state index contributed by atoms with van der Waals surface area (Å²) in [6.45, 7) is 13.9. The summed E-state index contributed by atoms with van der Waals surface area (Å²) < 4.78 is 14.8. The van der Waals surface area contributed by atoms with Crippen molar-refractivity contribution in [3.8, 4) is 0 Å². The van der Waals surface area contributed by atoms with Gasteiger partial charge in [0.15, 0.2) is 0 Å². The van der Waals surface area contributed by atoms with Crippen molar-refractivity contribution in [3.05, 3.63) is 12.2 Å². The second-order valence-corrected chi connectivity index (χ2v) is 8.06. The van der Waals surface area contributed by atoms with E-state index in [4.69, 9.17) is 16.9 Å². The highest BCUT2D eigenvalue weighted by atomic mass is 31.2. The average Bonchev–Trinajstić information content (AvgIpc) is 2.46. The van der Waals surface area contributed by atoms with Crippen molar-refractivity contribution in [2.45, 2.75) is 84.8 Å². The van der Waals surface area contributed by atoms with Crippen molar-refractivity contribution in [1.82, 2.24) is 4.67 Å². The molecule has 4 atom stereocenters. The fraction of sp³-hybridized carbons (Fsp3) is 0.882. The molecule has 0 aromatic carbocycles. The van der Waals surface area contributed by atoms with Gasteiger partial charge >= 0.3 is 0 Å². The summed E-state index contributed by atoms with van der Waals surface area (Å²) in [7, 11) is 5.19. The van der Waals surface area contributed by atoms with Crippen molar-refractivity contribution in [3.63, 3.8) is 0 Å². The van der Waals surface area contributed by atoms with Crippen LogP contribution in [-0.4, -0.2) is 37.3 Å². The molecule has 22 heavy (non-hydrogen) atoms. The van der Waals surface area contributed by atoms with Gasteiger partial charge in [0.25, 0.3) is 8.53 Å². The summed E-state index contributed by atoms with van der Waals surface area (Å²) in [4.78, 5) is 0. The second-order valence-electron chi connectivity index (χ2n) is 6.65. The Morgan fingerprint density at radius 1 is 1.18 bits per heavy atom. The van der Waals surface area contributed by atoms with Gasteiger partial charge in [-0.15, -0.1) is 0 Å². The number of hydrogen-bond donors (Lipinski definition) is 0. The fourth-order valence-electron chi connectivity index (χ4n) is 2.77. The van der Waals surface area contributed by atoms with Crippen LogP contribution in [0.2, 0.25) is 5.82 Å². The Hall–Kier alpha value is 0.115. The Balaban J connectivity index is 2.81. The molecule has 0 bridgehead atoms. The predicted molar refractivity (Wildman–Crippen MR) is 97.2 cm³/mol. The highest BCUT2D eigenvalue weighted by Crippen LogP contribution is 2.49. The number of nitrogens with zero attached hydrogens (tertiary/aromatic N) is 1. The fourth-order valence-corrected chi connectivity index (χ4v) is 4.62. The highest BCUT2D eigenvalue weighted by molar-refractivity contribution is 7.44. The summed E-state index contributed by atoms with van der Waals surface area (Å²) >= 11 is 0. The minimum absolute atomic E-state index is 0.0285. The van der Waals surface area contributed by atoms with E-state index in [-0.39, 0.29) is 11.9 Å². The van der Waals surface area contributed by atoms with E-state index >= 15 is 0 Å². The van der Waals surface area contributed by atoms with Crippen molar-refractivity contribution in [2.24, 2.45) is 5.92 Å². The molecular formula is C17H33BNO2P. The average molecular weight is 325 g/mol. The van der Waals surface area contributed by atoms with Crippen molar-refractivity contribution in [1.29, 1.82) is 0 Å². The molecule has 1 aliphatic rings. The van der Waals surface area contributed by atoms with Gasteiger partial charge < -0.3 is 9.05 Å². The van der Waals surface area contributed by atoms with Gasteiger partial charge in [-0.25, -0.2) is 4.67 Å². The van der Waals surface area contributed by atoms with Gasteiger partial charge in [-0.1, -0.05) is 26.0 Å². The molecule has 0 amide bonds. The van der Waals surface area contributed by atoms with E-state index in [1.54, 1.807) is 0 Å². The Morgan fingerprint density at radius 2 is 1.82 bits per heavy atom.